The number of nitrogens with zero attached hydrogens (tertiary/aromatic N) is 2. The maximum Gasteiger partial charge on any atom is 0.338 e. The predicted octanol–water partition coefficient (Wildman–Crippen LogP) is 5.68. The Morgan fingerprint density at radius 3 is 2.38 bits per heavy atom. The molecular formula is C27H24N2O4S. The summed E-state index contributed by atoms with van der Waals surface area (Å²) in [6, 6.07) is 24.4. The van der Waals surface area contributed by atoms with Crippen LogP contribution in [0.3, 0.4) is 0 Å². The number of aliphatic imine (C=N–C) groups is 1. The van der Waals surface area contributed by atoms with Gasteiger partial charge in [-0.25, -0.2) is 9.79 Å². The molecule has 1 amide bonds. The Morgan fingerprint density at radius 2 is 1.71 bits per heavy atom. The second-order valence-corrected chi connectivity index (χ2v) is 8.49. The topological polar surface area (TPSA) is 68.2 Å². The van der Waals surface area contributed by atoms with Gasteiger partial charge >= 0.3 is 5.97 Å². The molecule has 7 heteroatoms. The molecule has 0 saturated carbocycles. The zero-order valence-electron chi connectivity index (χ0n) is 18.9. The van der Waals surface area contributed by atoms with E-state index in [1.165, 1.54) is 16.7 Å². The van der Waals surface area contributed by atoms with Crippen molar-refractivity contribution in [2.45, 2.75) is 13.5 Å². The second-order valence-electron chi connectivity index (χ2n) is 7.48. The van der Waals surface area contributed by atoms with Crippen molar-refractivity contribution in [3.8, 4) is 5.75 Å². The molecule has 0 N–H and O–H groups in total. The van der Waals surface area contributed by atoms with E-state index in [4.69, 9.17) is 9.47 Å². The largest absolute Gasteiger partial charge is 0.489 e. The lowest BCUT2D eigenvalue weighted by atomic mass is 10.2. The first-order valence-electron chi connectivity index (χ1n) is 10.8. The number of carbonyl (C=O) groups is 2. The Balaban J connectivity index is 1.42. The number of esters is 1. The van der Waals surface area contributed by atoms with Crippen molar-refractivity contribution >= 4 is 40.6 Å². The van der Waals surface area contributed by atoms with E-state index in [0.717, 1.165) is 16.9 Å². The highest BCUT2D eigenvalue weighted by molar-refractivity contribution is 8.18. The van der Waals surface area contributed by atoms with Gasteiger partial charge in [-0.15, -0.1) is 0 Å². The van der Waals surface area contributed by atoms with Gasteiger partial charge in [0, 0.05) is 7.05 Å². The van der Waals surface area contributed by atoms with Gasteiger partial charge < -0.3 is 9.47 Å². The number of ether oxygens (including phenoxy) is 2. The van der Waals surface area contributed by atoms with Gasteiger partial charge in [0.1, 0.15) is 12.4 Å². The number of amidine groups is 1. The molecular weight excluding hydrogens is 448 g/mol. The standard InChI is InChI=1S/C27H24N2O4S/c1-3-32-26(31)21-11-13-22(14-12-21)28-27-29(2)25(30)24(34-27)17-19-9-15-23(16-10-19)33-18-20-7-5-4-6-8-20/h4-17H,3,18H2,1-2H3. The van der Waals surface area contributed by atoms with Crippen LogP contribution < -0.4 is 4.74 Å². The van der Waals surface area contributed by atoms with Crippen LogP contribution in [0.15, 0.2) is 88.8 Å². The van der Waals surface area contributed by atoms with Gasteiger partial charge in [-0.2, -0.15) is 0 Å². The summed E-state index contributed by atoms with van der Waals surface area (Å²) < 4.78 is 10.8. The van der Waals surface area contributed by atoms with Crippen molar-refractivity contribution in [3.05, 3.63) is 100 Å². The molecule has 0 bridgehead atoms. The Morgan fingerprint density at radius 1 is 1.00 bits per heavy atom. The minimum atomic E-state index is -0.369. The fourth-order valence-electron chi connectivity index (χ4n) is 3.20. The zero-order chi connectivity index (χ0) is 23.9. The van der Waals surface area contributed by atoms with Gasteiger partial charge in [0.05, 0.1) is 22.8 Å². The SMILES string of the molecule is CCOC(=O)c1ccc(N=C2SC(=Cc3ccc(OCc4ccccc4)cc3)C(=O)N2C)cc1. The van der Waals surface area contributed by atoms with E-state index in [2.05, 4.69) is 4.99 Å². The minimum Gasteiger partial charge on any atom is -0.489 e. The minimum absolute atomic E-state index is 0.115. The molecule has 3 aromatic carbocycles. The molecule has 3 aromatic rings. The first-order chi connectivity index (χ1) is 16.5. The van der Waals surface area contributed by atoms with Crippen molar-refractivity contribution in [2.24, 2.45) is 4.99 Å². The highest BCUT2D eigenvalue weighted by atomic mass is 32.2. The fraction of sp³-hybridized carbons (Fsp3) is 0.148. The van der Waals surface area contributed by atoms with Crippen molar-refractivity contribution in [1.29, 1.82) is 0 Å². The number of likely N-dealkylation sites (N-methyl/N-ethyl adjacent to an activating group) is 1. The smallest absolute Gasteiger partial charge is 0.338 e. The van der Waals surface area contributed by atoms with E-state index < -0.39 is 0 Å². The molecule has 0 aliphatic carbocycles. The number of hydrogen-bond acceptors (Lipinski definition) is 6. The maximum atomic E-state index is 12.7. The Kier molecular flexibility index (Phi) is 7.44. The summed E-state index contributed by atoms with van der Waals surface area (Å²) in [5.74, 6) is 0.282. The number of amides is 1. The number of thioether (sulfide) groups is 1. The van der Waals surface area contributed by atoms with Crippen LogP contribution in [-0.4, -0.2) is 35.6 Å². The van der Waals surface area contributed by atoms with Gasteiger partial charge in [0.15, 0.2) is 5.17 Å². The first-order valence-corrected chi connectivity index (χ1v) is 11.7. The molecule has 1 saturated heterocycles. The van der Waals surface area contributed by atoms with Crippen LogP contribution in [0.2, 0.25) is 0 Å². The van der Waals surface area contributed by atoms with Crippen LogP contribution in [0.1, 0.15) is 28.4 Å². The highest BCUT2D eigenvalue weighted by Crippen LogP contribution is 2.33. The second kappa shape index (κ2) is 10.9. The van der Waals surface area contributed by atoms with E-state index in [9.17, 15) is 9.59 Å². The molecule has 0 spiro atoms. The third kappa shape index (κ3) is 5.74. The number of benzene rings is 3. The Hall–Kier alpha value is -3.84. The number of hydrogen-bond donors (Lipinski definition) is 0. The van der Waals surface area contributed by atoms with Gasteiger partial charge in [0.2, 0.25) is 0 Å². The van der Waals surface area contributed by atoms with Crippen LogP contribution in [0.4, 0.5) is 5.69 Å². The van der Waals surface area contributed by atoms with Crippen LogP contribution in [0.5, 0.6) is 5.75 Å². The van der Waals surface area contributed by atoms with E-state index in [-0.39, 0.29) is 11.9 Å². The number of carbonyl (C=O) groups excluding carboxylic acids is 2. The van der Waals surface area contributed by atoms with Crippen LogP contribution in [0, 0.1) is 0 Å². The molecule has 1 aliphatic heterocycles. The highest BCUT2D eigenvalue weighted by Gasteiger charge is 2.30. The molecule has 1 heterocycles. The van der Waals surface area contributed by atoms with E-state index >= 15 is 0 Å². The fourth-order valence-corrected chi connectivity index (χ4v) is 4.19. The van der Waals surface area contributed by atoms with Gasteiger partial charge in [-0.05, 0) is 72.3 Å². The summed E-state index contributed by atoms with van der Waals surface area (Å²) in [6.07, 6.45) is 1.84. The third-order valence-electron chi connectivity index (χ3n) is 5.03. The lowest BCUT2D eigenvalue weighted by Gasteiger charge is -2.07. The zero-order valence-corrected chi connectivity index (χ0v) is 19.7. The van der Waals surface area contributed by atoms with Crippen molar-refractivity contribution in [2.75, 3.05) is 13.7 Å². The lowest BCUT2D eigenvalue weighted by Crippen LogP contribution is -2.23. The molecule has 0 aromatic heterocycles. The molecule has 34 heavy (non-hydrogen) atoms. The summed E-state index contributed by atoms with van der Waals surface area (Å²) in [5, 5.41) is 0.572. The molecule has 172 valence electrons. The summed E-state index contributed by atoms with van der Waals surface area (Å²) in [6.45, 7) is 2.59. The molecule has 0 radical (unpaired) electrons. The molecule has 1 fully saturated rings. The summed E-state index contributed by atoms with van der Waals surface area (Å²) >= 11 is 1.31. The molecule has 0 unspecified atom stereocenters. The average Bonchev–Trinajstić information content (AvgIpc) is 3.12. The molecule has 4 rings (SSSR count). The Labute approximate surface area is 202 Å². The van der Waals surface area contributed by atoms with Crippen molar-refractivity contribution in [1.82, 2.24) is 4.90 Å². The quantitative estimate of drug-likeness (QED) is 0.327. The van der Waals surface area contributed by atoms with Gasteiger partial charge in [-0.1, -0.05) is 42.5 Å². The lowest BCUT2D eigenvalue weighted by molar-refractivity contribution is -0.121. The molecule has 1 aliphatic rings. The summed E-state index contributed by atoms with van der Waals surface area (Å²) in [7, 11) is 1.70. The monoisotopic (exact) mass is 472 g/mol. The normalized spacial score (nSPS) is 15.7. The number of rotatable bonds is 7. The third-order valence-corrected chi connectivity index (χ3v) is 6.09. The van der Waals surface area contributed by atoms with Crippen LogP contribution in [-0.2, 0) is 16.1 Å². The van der Waals surface area contributed by atoms with Crippen molar-refractivity contribution in [3.63, 3.8) is 0 Å². The van der Waals surface area contributed by atoms with Gasteiger partial charge in [-0.3, -0.25) is 9.69 Å². The molecule has 0 atom stereocenters. The van der Waals surface area contributed by atoms with Gasteiger partial charge in [0.25, 0.3) is 5.91 Å². The maximum absolute atomic E-state index is 12.7. The van der Waals surface area contributed by atoms with Crippen LogP contribution >= 0.6 is 11.8 Å². The van der Waals surface area contributed by atoms with E-state index in [0.29, 0.717) is 34.5 Å². The van der Waals surface area contributed by atoms with Crippen LogP contribution in [0.25, 0.3) is 6.08 Å². The summed E-state index contributed by atoms with van der Waals surface area (Å²) in [4.78, 5) is 31.2. The first kappa shape index (κ1) is 23.3. The predicted molar refractivity (Wildman–Crippen MR) is 135 cm³/mol. The molecule has 6 nitrogen and oxygen atoms in total. The average molecular weight is 473 g/mol. The van der Waals surface area contributed by atoms with E-state index in [1.807, 2.05) is 60.7 Å². The Bertz CT molecular complexity index is 1220. The summed E-state index contributed by atoms with van der Waals surface area (Å²) in [5.41, 5.74) is 3.12. The van der Waals surface area contributed by atoms with E-state index in [1.54, 1.807) is 38.2 Å². The van der Waals surface area contributed by atoms with Crippen molar-refractivity contribution < 1.29 is 19.1 Å².